The lowest BCUT2D eigenvalue weighted by Crippen LogP contribution is -1.91. The van der Waals surface area contributed by atoms with Crippen LogP contribution in [0.5, 0.6) is 0 Å². The summed E-state index contributed by atoms with van der Waals surface area (Å²) in [5, 5.41) is 0. The Balaban J connectivity index is 3.25. The first kappa shape index (κ1) is 7.38. The van der Waals surface area contributed by atoms with Crippen molar-refractivity contribution in [2.45, 2.75) is 18.2 Å². The van der Waals surface area contributed by atoms with E-state index in [1.54, 1.807) is 0 Å². The third-order valence-electron chi connectivity index (χ3n) is 1.33. The maximum atomic E-state index is 4.96. The Morgan fingerprint density at radius 2 is 1.89 bits per heavy atom. The predicted octanol–water partition coefficient (Wildman–Crippen LogP) is 2.87. The predicted molar refractivity (Wildman–Crippen MR) is 47.1 cm³/mol. The molecule has 0 atom stereocenters. The lowest BCUT2D eigenvalue weighted by Gasteiger charge is -2.04. The van der Waals surface area contributed by atoms with Crippen molar-refractivity contribution in [3.05, 3.63) is 14.6 Å². The topological polar surface area (TPSA) is 0 Å². The van der Waals surface area contributed by atoms with Crippen LogP contribution in [0.1, 0.15) is 12.5 Å². The molecule has 0 aromatic heterocycles. The van der Waals surface area contributed by atoms with Gasteiger partial charge in [0.2, 0.25) is 0 Å². The highest BCUT2D eigenvalue weighted by atomic mass is 32.1. The van der Waals surface area contributed by atoms with Gasteiger partial charge in [-0.15, -0.1) is 12.6 Å². The second kappa shape index (κ2) is 2.48. The summed E-state index contributed by atoms with van der Waals surface area (Å²) >= 11 is 14.0. The zero-order valence-electron chi connectivity index (χ0n) is 4.97. The first-order valence-corrected chi connectivity index (χ1v) is 3.96. The van der Waals surface area contributed by atoms with E-state index in [9.17, 15) is 0 Å². The van der Waals surface area contributed by atoms with Gasteiger partial charge in [0, 0.05) is 4.90 Å². The van der Waals surface area contributed by atoms with Gasteiger partial charge in [-0.25, -0.2) is 0 Å². The van der Waals surface area contributed by atoms with Crippen LogP contribution in [-0.4, -0.2) is 0 Å². The quantitative estimate of drug-likeness (QED) is 0.513. The van der Waals surface area contributed by atoms with Crippen molar-refractivity contribution in [1.82, 2.24) is 0 Å². The molecular formula is C6H6S3. The minimum absolute atomic E-state index is 0.769. The van der Waals surface area contributed by atoms with Gasteiger partial charge in [0.15, 0.2) is 0 Å². The molecule has 0 aliphatic carbocycles. The molecule has 0 saturated carbocycles. The molecule has 0 aliphatic rings. The number of rotatable bonds is 1. The standard InChI is InChI=1S/C6H6S3/c1-2-3-4(7)6(9)5(3)8/h7H,2H2,1H3. The Kier molecular flexibility index (Phi) is 2.03. The molecule has 0 spiro atoms. The van der Waals surface area contributed by atoms with Crippen LogP contribution in [0, 0.1) is 9.02 Å². The van der Waals surface area contributed by atoms with Crippen molar-refractivity contribution in [3.63, 3.8) is 0 Å². The SMILES string of the molecule is CCc1c(S)c(=S)c1=S. The van der Waals surface area contributed by atoms with Crippen LogP contribution in [0.4, 0.5) is 0 Å². The van der Waals surface area contributed by atoms with Crippen molar-refractivity contribution < 1.29 is 0 Å². The summed E-state index contributed by atoms with van der Waals surface area (Å²) in [5.74, 6) is 0. The Morgan fingerprint density at radius 1 is 1.33 bits per heavy atom. The van der Waals surface area contributed by atoms with Gasteiger partial charge in [-0.1, -0.05) is 31.4 Å². The van der Waals surface area contributed by atoms with Crippen molar-refractivity contribution in [2.75, 3.05) is 0 Å². The monoisotopic (exact) mass is 174 g/mol. The van der Waals surface area contributed by atoms with E-state index in [1.165, 1.54) is 0 Å². The van der Waals surface area contributed by atoms with E-state index in [-0.39, 0.29) is 0 Å². The summed E-state index contributed by atoms with van der Waals surface area (Å²) in [4.78, 5) is 0.928. The second-order valence-corrected chi connectivity index (χ2v) is 3.10. The highest BCUT2D eigenvalue weighted by Crippen LogP contribution is 2.23. The number of hydrogen-bond donors (Lipinski definition) is 1. The molecule has 0 N–H and O–H groups in total. The van der Waals surface area contributed by atoms with Crippen LogP contribution in [0.2, 0.25) is 0 Å². The largest absolute Gasteiger partial charge is 0.142 e. The molecule has 1 aromatic rings. The lowest BCUT2D eigenvalue weighted by atomic mass is 10.1. The second-order valence-electron chi connectivity index (χ2n) is 1.84. The maximum Gasteiger partial charge on any atom is 0.0697 e. The fraction of sp³-hybridized carbons (Fsp3) is 0.333. The molecule has 1 aromatic carbocycles. The highest BCUT2D eigenvalue weighted by Gasteiger charge is 2.07. The van der Waals surface area contributed by atoms with E-state index in [4.69, 9.17) is 24.4 Å². The van der Waals surface area contributed by atoms with Gasteiger partial charge in [-0.05, 0) is 12.0 Å². The molecule has 0 heterocycles. The first-order valence-electron chi connectivity index (χ1n) is 2.69. The van der Waals surface area contributed by atoms with Crippen LogP contribution in [0.15, 0.2) is 4.90 Å². The Hall–Kier alpha value is 0.270. The molecule has 9 heavy (non-hydrogen) atoms. The molecule has 0 saturated heterocycles. The fourth-order valence-electron chi connectivity index (χ4n) is 0.755. The van der Waals surface area contributed by atoms with Crippen molar-refractivity contribution >= 4 is 37.1 Å². The van der Waals surface area contributed by atoms with Gasteiger partial charge in [0.1, 0.15) is 0 Å². The van der Waals surface area contributed by atoms with Gasteiger partial charge in [-0.3, -0.25) is 0 Å². The zero-order chi connectivity index (χ0) is 7.02. The summed E-state index contributed by atoms with van der Waals surface area (Å²) < 4.78 is 1.61. The van der Waals surface area contributed by atoms with Gasteiger partial charge in [-0.2, -0.15) is 0 Å². The summed E-state index contributed by atoms with van der Waals surface area (Å²) in [7, 11) is 0. The molecule has 3 heteroatoms. The van der Waals surface area contributed by atoms with Gasteiger partial charge >= 0.3 is 0 Å². The Morgan fingerprint density at radius 3 is 2.11 bits per heavy atom. The number of thiol groups is 1. The highest BCUT2D eigenvalue weighted by molar-refractivity contribution is 7.81. The minimum Gasteiger partial charge on any atom is -0.142 e. The van der Waals surface area contributed by atoms with Crippen LogP contribution in [-0.2, 0) is 6.42 Å². The van der Waals surface area contributed by atoms with Crippen LogP contribution in [0.3, 0.4) is 0 Å². The van der Waals surface area contributed by atoms with Crippen LogP contribution >= 0.6 is 37.1 Å². The molecule has 48 valence electrons. The van der Waals surface area contributed by atoms with Gasteiger partial charge in [0.25, 0.3) is 0 Å². The smallest absolute Gasteiger partial charge is 0.0697 e. The van der Waals surface area contributed by atoms with E-state index in [2.05, 4.69) is 19.6 Å². The van der Waals surface area contributed by atoms with E-state index in [0.29, 0.717) is 0 Å². The normalized spacial score (nSPS) is 10.4. The average Bonchev–Trinajstić information content (AvgIpc) is 1.89. The molecule has 0 unspecified atom stereocenters. The van der Waals surface area contributed by atoms with E-state index >= 15 is 0 Å². The average molecular weight is 174 g/mol. The van der Waals surface area contributed by atoms with Crippen molar-refractivity contribution in [3.8, 4) is 0 Å². The van der Waals surface area contributed by atoms with Crippen LogP contribution < -0.4 is 0 Å². The van der Waals surface area contributed by atoms with E-state index in [1.807, 2.05) is 0 Å². The zero-order valence-corrected chi connectivity index (χ0v) is 7.50. The lowest BCUT2D eigenvalue weighted by molar-refractivity contribution is 1.03. The molecule has 0 aliphatic heterocycles. The molecule has 0 radical (unpaired) electrons. The summed E-state index contributed by atoms with van der Waals surface area (Å²) in [5.41, 5.74) is 1.15. The molecule has 0 bridgehead atoms. The summed E-state index contributed by atoms with van der Waals surface area (Å²) in [6.07, 6.45) is 0.956. The number of hydrogen-bond acceptors (Lipinski definition) is 3. The third kappa shape index (κ3) is 0.974. The first-order chi connectivity index (χ1) is 4.18. The Labute approximate surface area is 70.0 Å². The molecular weight excluding hydrogens is 168 g/mol. The minimum atomic E-state index is 0.769. The molecule has 0 fully saturated rings. The summed E-state index contributed by atoms with van der Waals surface area (Å²) in [6.45, 7) is 2.06. The van der Waals surface area contributed by atoms with Crippen molar-refractivity contribution in [2.24, 2.45) is 0 Å². The van der Waals surface area contributed by atoms with Crippen LogP contribution in [0.25, 0.3) is 0 Å². The molecule has 0 amide bonds. The van der Waals surface area contributed by atoms with Gasteiger partial charge in [0.05, 0.1) is 9.02 Å². The van der Waals surface area contributed by atoms with E-state index in [0.717, 1.165) is 25.9 Å². The maximum absolute atomic E-state index is 4.96. The fourth-order valence-corrected chi connectivity index (χ4v) is 1.88. The van der Waals surface area contributed by atoms with Crippen molar-refractivity contribution in [1.29, 1.82) is 0 Å². The summed E-state index contributed by atoms with van der Waals surface area (Å²) in [6, 6.07) is 0. The van der Waals surface area contributed by atoms with Gasteiger partial charge < -0.3 is 0 Å². The van der Waals surface area contributed by atoms with E-state index < -0.39 is 0 Å². The molecule has 1 rings (SSSR count). The Bertz CT molecular complexity index is 291. The third-order valence-corrected chi connectivity index (χ3v) is 2.97. The molecule has 0 nitrogen and oxygen atoms in total.